The van der Waals surface area contributed by atoms with E-state index in [1.165, 1.54) is 12.3 Å². The first-order valence-electron chi connectivity index (χ1n) is 9.92. The van der Waals surface area contributed by atoms with E-state index in [9.17, 15) is 9.18 Å². The minimum absolute atomic E-state index is 0.179. The Morgan fingerprint density at radius 1 is 1.19 bits per heavy atom. The van der Waals surface area contributed by atoms with Gasteiger partial charge >= 0.3 is 0 Å². The van der Waals surface area contributed by atoms with E-state index in [1.54, 1.807) is 24.4 Å². The van der Waals surface area contributed by atoms with Gasteiger partial charge in [-0.15, -0.1) is 0 Å². The molecular formula is C25H24FN3O2. The van der Waals surface area contributed by atoms with E-state index in [1.807, 2.05) is 51.1 Å². The second-order valence-corrected chi connectivity index (χ2v) is 6.85. The second kappa shape index (κ2) is 10.3. The van der Waals surface area contributed by atoms with Crippen LogP contribution < -0.4 is 10.1 Å². The van der Waals surface area contributed by atoms with Crippen LogP contribution in [0.15, 0.2) is 73.2 Å². The van der Waals surface area contributed by atoms with E-state index < -0.39 is 5.82 Å². The summed E-state index contributed by atoms with van der Waals surface area (Å²) in [5.74, 6) is 0.489. The number of ether oxygens (including phenoxy) is 1. The Morgan fingerprint density at radius 2 is 2.03 bits per heavy atom. The summed E-state index contributed by atoms with van der Waals surface area (Å²) in [7, 11) is 0. The Labute approximate surface area is 181 Å². The molecule has 0 unspecified atom stereocenters. The zero-order valence-electron chi connectivity index (χ0n) is 17.7. The van der Waals surface area contributed by atoms with Crippen LogP contribution in [0.4, 0.5) is 4.39 Å². The number of carbonyl (C=O) groups excluding carboxylic acids is 1. The lowest BCUT2D eigenvalue weighted by Gasteiger charge is -2.13. The maximum atomic E-state index is 13.3. The molecule has 0 radical (unpaired) electrons. The smallest absolute Gasteiger partial charge is 0.251 e. The highest BCUT2D eigenvalue weighted by Gasteiger charge is 2.13. The van der Waals surface area contributed by atoms with Gasteiger partial charge in [0.05, 0.1) is 11.9 Å². The molecule has 3 aromatic rings. The van der Waals surface area contributed by atoms with Crippen LogP contribution in [-0.4, -0.2) is 15.9 Å². The summed E-state index contributed by atoms with van der Waals surface area (Å²) >= 11 is 0. The fourth-order valence-electron chi connectivity index (χ4n) is 3.07. The zero-order valence-corrected chi connectivity index (χ0v) is 17.7. The van der Waals surface area contributed by atoms with Crippen LogP contribution in [0.1, 0.15) is 41.0 Å². The molecule has 2 heterocycles. The quantitative estimate of drug-likeness (QED) is 0.506. The average Bonchev–Trinajstić information content (AvgIpc) is 2.77. The van der Waals surface area contributed by atoms with Crippen LogP contribution in [-0.2, 0) is 6.54 Å². The van der Waals surface area contributed by atoms with Crippen molar-refractivity contribution in [1.29, 1.82) is 0 Å². The number of benzene rings is 1. The molecule has 158 valence electrons. The largest absolute Gasteiger partial charge is 0.457 e. The van der Waals surface area contributed by atoms with E-state index in [4.69, 9.17) is 4.74 Å². The Kier molecular flexibility index (Phi) is 7.27. The van der Waals surface area contributed by atoms with Gasteiger partial charge < -0.3 is 10.1 Å². The van der Waals surface area contributed by atoms with E-state index in [-0.39, 0.29) is 12.5 Å². The minimum atomic E-state index is -0.439. The first-order valence-corrected chi connectivity index (χ1v) is 9.92. The van der Waals surface area contributed by atoms with Crippen molar-refractivity contribution in [2.45, 2.75) is 27.3 Å². The summed E-state index contributed by atoms with van der Waals surface area (Å²) < 4.78 is 19.3. The lowest BCUT2D eigenvalue weighted by atomic mass is 10.1. The number of hydrogen-bond acceptors (Lipinski definition) is 4. The second-order valence-electron chi connectivity index (χ2n) is 6.85. The van der Waals surface area contributed by atoms with Crippen molar-refractivity contribution < 1.29 is 13.9 Å². The molecule has 0 atom stereocenters. The van der Waals surface area contributed by atoms with E-state index in [2.05, 4.69) is 15.3 Å². The molecule has 0 aliphatic carbocycles. The third-order valence-electron chi connectivity index (χ3n) is 4.66. The fraction of sp³-hybridized carbons (Fsp3) is 0.160. The molecule has 0 saturated heterocycles. The number of halogens is 1. The monoisotopic (exact) mass is 417 g/mol. The van der Waals surface area contributed by atoms with Crippen molar-refractivity contribution in [3.63, 3.8) is 0 Å². The molecule has 0 fully saturated rings. The van der Waals surface area contributed by atoms with Gasteiger partial charge in [0.1, 0.15) is 17.3 Å². The summed E-state index contributed by atoms with van der Waals surface area (Å²) in [4.78, 5) is 20.9. The van der Waals surface area contributed by atoms with Crippen LogP contribution in [0.2, 0.25) is 0 Å². The van der Waals surface area contributed by atoms with Crippen LogP contribution in [0.3, 0.4) is 0 Å². The Morgan fingerprint density at radius 3 is 2.77 bits per heavy atom. The molecular weight excluding hydrogens is 393 g/mol. The molecule has 6 heteroatoms. The maximum absolute atomic E-state index is 13.3. The average molecular weight is 417 g/mol. The maximum Gasteiger partial charge on any atom is 0.251 e. The molecule has 2 aromatic heterocycles. The molecule has 1 aromatic carbocycles. The molecule has 5 nitrogen and oxygen atoms in total. The van der Waals surface area contributed by atoms with Crippen molar-refractivity contribution in [2.24, 2.45) is 0 Å². The number of aromatic nitrogens is 2. The predicted octanol–water partition coefficient (Wildman–Crippen LogP) is 5.63. The first kappa shape index (κ1) is 21.9. The van der Waals surface area contributed by atoms with Crippen LogP contribution in [0.25, 0.3) is 5.57 Å². The Balaban J connectivity index is 1.77. The molecule has 1 N–H and O–H groups in total. The van der Waals surface area contributed by atoms with Gasteiger partial charge in [0.15, 0.2) is 0 Å². The molecule has 0 aliphatic heterocycles. The zero-order chi connectivity index (χ0) is 22.2. The van der Waals surface area contributed by atoms with Crippen molar-refractivity contribution in [2.75, 3.05) is 0 Å². The van der Waals surface area contributed by atoms with Crippen LogP contribution >= 0.6 is 0 Å². The normalized spacial score (nSPS) is 11.5. The summed E-state index contributed by atoms with van der Waals surface area (Å²) in [6, 6.07) is 10.3. The van der Waals surface area contributed by atoms with Crippen molar-refractivity contribution in [1.82, 2.24) is 15.3 Å². The van der Waals surface area contributed by atoms with Gasteiger partial charge in [-0.1, -0.05) is 24.3 Å². The number of nitrogens with one attached hydrogen (secondary N) is 1. The highest BCUT2D eigenvalue weighted by atomic mass is 19.1. The standard InChI is InChI=1S/C25H24FN3O2/c1-4-7-19(5-2)23-13-21(10-11-28-23)31-24-9-6-8-22(17(24)3)25(30)29-15-18-12-20(26)16-27-14-18/h4-14,16H,15H2,1-3H3,(H,29,30)/b7-4-,19-5+. The van der Waals surface area contributed by atoms with E-state index in [0.717, 1.165) is 17.5 Å². The highest BCUT2D eigenvalue weighted by molar-refractivity contribution is 5.96. The molecule has 0 bridgehead atoms. The lowest BCUT2D eigenvalue weighted by Crippen LogP contribution is -2.23. The van der Waals surface area contributed by atoms with Crippen LogP contribution in [0, 0.1) is 12.7 Å². The van der Waals surface area contributed by atoms with E-state index in [0.29, 0.717) is 28.2 Å². The summed E-state index contributed by atoms with van der Waals surface area (Å²) in [6.45, 7) is 5.91. The minimum Gasteiger partial charge on any atom is -0.457 e. The number of amides is 1. The third-order valence-corrected chi connectivity index (χ3v) is 4.66. The number of nitrogens with zero attached hydrogens (tertiary/aromatic N) is 2. The van der Waals surface area contributed by atoms with E-state index >= 15 is 0 Å². The molecule has 3 rings (SSSR count). The molecule has 0 saturated carbocycles. The number of allylic oxidation sites excluding steroid dienone is 4. The fourth-order valence-corrected chi connectivity index (χ4v) is 3.07. The highest BCUT2D eigenvalue weighted by Crippen LogP contribution is 2.28. The summed E-state index contributed by atoms with van der Waals surface area (Å²) in [5, 5.41) is 2.79. The predicted molar refractivity (Wildman–Crippen MR) is 119 cm³/mol. The van der Waals surface area contributed by atoms with Gasteiger partial charge in [0, 0.05) is 36.1 Å². The summed E-state index contributed by atoms with van der Waals surface area (Å²) in [5.41, 5.74) is 3.57. The molecule has 1 amide bonds. The van der Waals surface area contributed by atoms with Gasteiger partial charge in [-0.25, -0.2) is 4.39 Å². The number of hydrogen-bond donors (Lipinski definition) is 1. The van der Waals surface area contributed by atoms with Crippen molar-refractivity contribution >= 4 is 11.5 Å². The van der Waals surface area contributed by atoms with Gasteiger partial charge in [0.25, 0.3) is 5.91 Å². The number of carbonyl (C=O) groups is 1. The van der Waals surface area contributed by atoms with Crippen molar-refractivity contribution in [3.05, 3.63) is 101 Å². The topological polar surface area (TPSA) is 64.1 Å². The number of rotatable bonds is 7. The van der Waals surface area contributed by atoms with Gasteiger partial charge in [0.2, 0.25) is 0 Å². The summed E-state index contributed by atoms with van der Waals surface area (Å²) in [6.07, 6.45) is 10.3. The van der Waals surface area contributed by atoms with Crippen molar-refractivity contribution in [3.8, 4) is 11.5 Å². The molecule has 0 aliphatic rings. The first-order chi connectivity index (χ1) is 15.0. The number of pyridine rings is 2. The Hall–Kier alpha value is -3.80. The lowest BCUT2D eigenvalue weighted by molar-refractivity contribution is 0.0950. The van der Waals surface area contributed by atoms with Gasteiger partial charge in [-0.3, -0.25) is 14.8 Å². The SMILES string of the molecule is C/C=C\C(=C/C)c1cc(Oc2cccc(C(=O)NCc3cncc(F)c3)c2C)ccn1. The van der Waals surface area contributed by atoms with Gasteiger partial charge in [-0.2, -0.15) is 0 Å². The third kappa shape index (κ3) is 5.63. The molecule has 31 heavy (non-hydrogen) atoms. The Bertz CT molecular complexity index is 1140. The van der Waals surface area contributed by atoms with Gasteiger partial charge in [-0.05, 0) is 56.2 Å². The van der Waals surface area contributed by atoms with Crippen LogP contribution in [0.5, 0.6) is 11.5 Å². The molecule has 0 spiro atoms.